The van der Waals surface area contributed by atoms with Crippen molar-refractivity contribution >= 4 is 38.7 Å². The Kier molecular flexibility index (Phi) is 5.25. The van der Waals surface area contributed by atoms with Gasteiger partial charge in [0.25, 0.3) is 0 Å². The zero-order valence-corrected chi connectivity index (χ0v) is 18.5. The average molecular weight is 444 g/mol. The van der Waals surface area contributed by atoms with Crippen LogP contribution in [-0.4, -0.2) is 29.5 Å². The van der Waals surface area contributed by atoms with E-state index in [1.807, 2.05) is 76.6 Å². The van der Waals surface area contributed by atoms with E-state index in [2.05, 4.69) is 5.32 Å². The molecule has 2 aromatic heterocycles. The molecule has 1 N–H and O–H groups in total. The Morgan fingerprint density at radius 1 is 1.06 bits per heavy atom. The molecule has 6 nitrogen and oxygen atoms in total. The number of carbonyl (C=O) groups is 1. The third-order valence-electron chi connectivity index (χ3n) is 5.37. The molecule has 0 aliphatic heterocycles. The van der Waals surface area contributed by atoms with E-state index in [1.54, 1.807) is 14.2 Å². The average Bonchev–Trinajstić information content (AvgIpc) is 3.41. The summed E-state index contributed by atoms with van der Waals surface area (Å²) >= 11 is 1.50. The summed E-state index contributed by atoms with van der Waals surface area (Å²) in [5.74, 6) is 1.37. The lowest BCUT2D eigenvalue weighted by molar-refractivity contribution is -0.115. The summed E-state index contributed by atoms with van der Waals surface area (Å²) in [6.45, 7) is 0. The van der Waals surface area contributed by atoms with Gasteiger partial charge < -0.3 is 14.8 Å². The number of methoxy groups -OCH3 is 2. The Morgan fingerprint density at radius 2 is 1.91 bits per heavy atom. The van der Waals surface area contributed by atoms with Crippen LogP contribution in [0.25, 0.3) is 27.0 Å². The van der Waals surface area contributed by atoms with Gasteiger partial charge in [-0.1, -0.05) is 36.4 Å². The molecule has 0 aliphatic carbocycles. The number of fused-ring (bicyclic) bond motifs is 2. The van der Waals surface area contributed by atoms with Crippen LogP contribution in [0, 0.1) is 0 Å². The molecule has 5 rings (SSSR count). The first-order chi connectivity index (χ1) is 15.7. The summed E-state index contributed by atoms with van der Waals surface area (Å²) in [7, 11) is 3.26. The molecule has 0 bridgehead atoms. The number of hydrogen-bond acceptors (Lipinski definition) is 5. The van der Waals surface area contributed by atoms with E-state index in [9.17, 15) is 4.79 Å². The number of ether oxygens (including phenoxy) is 2. The van der Waals surface area contributed by atoms with E-state index in [0.29, 0.717) is 5.75 Å². The maximum absolute atomic E-state index is 12.9. The number of nitrogens with zero attached hydrogens (tertiary/aromatic N) is 2. The number of benzene rings is 3. The number of amides is 1. The second-order valence-corrected chi connectivity index (χ2v) is 8.16. The summed E-state index contributed by atoms with van der Waals surface area (Å²) in [6, 6.07) is 19.5. The molecular formula is C25H21N3O3S. The largest absolute Gasteiger partial charge is 0.497 e. The summed E-state index contributed by atoms with van der Waals surface area (Å²) in [5, 5.41) is 7.14. The topological polar surface area (TPSA) is 64.9 Å². The number of hydrogen-bond donors (Lipinski definition) is 1. The van der Waals surface area contributed by atoms with Crippen LogP contribution in [0.2, 0.25) is 0 Å². The van der Waals surface area contributed by atoms with Crippen LogP contribution in [0.3, 0.4) is 0 Å². The van der Waals surface area contributed by atoms with Crippen molar-refractivity contribution in [2.45, 2.75) is 6.42 Å². The first kappa shape index (κ1) is 20.1. The van der Waals surface area contributed by atoms with E-state index in [4.69, 9.17) is 14.5 Å². The Morgan fingerprint density at radius 3 is 2.75 bits per heavy atom. The van der Waals surface area contributed by atoms with Crippen LogP contribution in [0.15, 0.2) is 72.2 Å². The molecule has 0 saturated heterocycles. The minimum Gasteiger partial charge on any atom is -0.497 e. The summed E-state index contributed by atoms with van der Waals surface area (Å²) in [4.78, 5) is 18.4. The Labute approximate surface area is 189 Å². The number of nitrogens with one attached hydrogen (secondary N) is 1. The first-order valence-corrected chi connectivity index (χ1v) is 11.0. The molecule has 0 fully saturated rings. The minimum absolute atomic E-state index is 0.0738. The second-order valence-electron chi connectivity index (χ2n) is 7.32. The van der Waals surface area contributed by atoms with Crippen molar-refractivity contribution in [3.05, 3.63) is 77.9 Å². The fraction of sp³-hybridized carbons (Fsp3) is 0.120. The lowest BCUT2D eigenvalue weighted by Gasteiger charge is -2.09. The van der Waals surface area contributed by atoms with Crippen LogP contribution >= 0.6 is 11.3 Å². The molecule has 0 radical (unpaired) electrons. The number of rotatable bonds is 6. The molecule has 0 unspecified atom stereocenters. The number of imidazole rings is 1. The Hall–Kier alpha value is -3.84. The molecule has 0 spiro atoms. The van der Waals surface area contributed by atoms with Crippen molar-refractivity contribution in [1.82, 2.24) is 9.38 Å². The zero-order chi connectivity index (χ0) is 22.1. The van der Waals surface area contributed by atoms with E-state index < -0.39 is 0 Å². The number of anilines is 1. The SMILES string of the molecule is COc1ccc(OC)c(-c2cn3c(CC(=O)Nc4cccc5ccccc45)csc3n2)c1. The molecule has 0 atom stereocenters. The van der Waals surface area contributed by atoms with Crippen molar-refractivity contribution in [1.29, 1.82) is 0 Å². The van der Waals surface area contributed by atoms with Crippen LogP contribution in [-0.2, 0) is 11.2 Å². The van der Waals surface area contributed by atoms with Crippen LogP contribution in [0.4, 0.5) is 5.69 Å². The maximum Gasteiger partial charge on any atom is 0.230 e. The lowest BCUT2D eigenvalue weighted by Crippen LogP contribution is -2.15. The quantitative estimate of drug-likeness (QED) is 0.381. The Bertz CT molecular complexity index is 1430. The van der Waals surface area contributed by atoms with Crippen molar-refractivity contribution in [3.8, 4) is 22.8 Å². The Balaban J connectivity index is 1.42. The van der Waals surface area contributed by atoms with Gasteiger partial charge in [0, 0.05) is 33.9 Å². The monoisotopic (exact) mass is 443 g/mol. The molecular weight excluding hydrogens is 422 g/mol. The van der Waals surface area contributed by atoms with Gasteiger partial charge in [0.15, 0.2) is 4.96 Å². The molecule has 2 heterocycles. The number of aromatic nitrogens is 2. The number of thiazole rings is 1. The van der Waals surface area contributed by atoms with Crippen LogP contribution in [0.5, 0.6) is 11.5 Å². The van der Waals surface area contributed by atoms with Gasteiger partial charge in [-0.2, -0.15) is 0 Å². The second kappa shape index (κ2) is 8.36. The molecule has 0 saturated carbocycles. The van der Waals surface area contributed by atoms with Gasteiger partial charge in [-0.15, -0.1) is 11.3 Å². The predicted molar refractivity (Wildman–Crippen MR) is 128 cm³/mol. The normalized spacial score (nSPS) is 11.1. The standard InChI is InChI=1S/C25H21N3O3S/c1-30-18-10-11-23(31-2)20(13-18)22-14-28-17(15-32-25(28)27-22)12-24(29)26-21-9-5-7-16-6-3-4-8-19(16)21/h3-11,13-15H,12H2,1-2H3,(H,26,29). The predicted octanol–water partition coefficient (Wildman–Crippen LogP) is 5.41. The first-order valence-electron chi connectivity index (χ1n) is 10.1. The van der Waals surface area contributed by atoms with E-state index in [-0.39, 0.29) is 12.3 Å². The van der Waals surface area contributed by atoms with Gasteiger partial charge in [0.2, 0.25) is 5.91 Å². The highest BCUT2D eigenvalue weighted by atomic mass is 32.1. The van der Waals surface area contributed by atoms with Crippen LogP contribution in [0.1, 0.15) is 5.69 Å². The highest BCUT2D eigenvalue weighted by Crippen LogP contribution is 2.34. The van der Waals surface area contributed by atoms with Crippen molar-refractivity contribution in [3.63, 3.8) is 0 Å². The fourth-order valence-electron chi connectivity index (χ4n) is 3.79. The molecule has 160 valence electrons. The van der Waals surface area contributed by atoms with Crippen LogP contribution < -0.4 is 14.8 Å². The van der Waals surface area contributed by atoms with Gasteiger partial charge >= 0.3 is 0 Å². The van der Waals surface area contributed by atoms with Gasteiger partial charge in [0.1, 0.15) is 11.5 Å². The maximum atomic E-state index is 12.9. The molecule has 32 heavy (non-hydrogen) atoms. The summed E-state index contributed by atoms with van der Waals surface area (Å²) in [6.07, 6.45) is 2.18. The highest BCUT2D eigenvalue weighted by molar-refractivity contribution is 7.15. The van der Waals surface area contributed by atoms with Gasteiger partial charge in [-0.25, -0.2) is 4.98 Å². The van der Waals surface area contributed by atoms with E-state index in [0.717, 1.165) is 44.1 Å². The van der Waals surface area contributed by atoms with Gasteiger partial charge in [-0.3, -0.25) is 9.20 Å². The van der Waals surface area contributed by atoms with Crippen molar-refractivity contribution in [2.24, 2.45) is 0 Å². The molecule has 7 heteroatoms. The molecule has 1 amide bonds. The van der Waals surface area contributed by atoms with E-state index >= 15 is 0 Å². The minimum atomic E-state index is -0.0738. The third kappa shape index (κ3) is 3.67. The van der Waals surface area contributed by atoms with E-state index in [1.165, 1.54) is 11.3 Å². The zero-order valence-electron chi connectivity index (χ0n) is 17.7. The summed E-state index contributed by atoms with van der Waals surface area (Å²) in [5.41, 5.74) is 3.30. The number of carbonyl (C=O) groups excluding carboxylic acids is 1. The lowest BCUT2D eigenvalue weighted by atomic mass is 10.1. The highest BCUT2D eigenvalue weighted by Gasteiger charge is 2.16. The third-order valence-corrected chi connectivity index (χ3v) is 6.26. The molecule has 3 aromatic carbocycles. The molecule has 5 aromatic rings. The fourth-order valence-corrected chi connectivity index (χ4v) is 4.67. The van der Waals surface area contributed by atoms with Crippen molar-refractivity contribution in [2.75, 3.05) is 19.5 Å². The summed E-state index contributed by atoms with van der Waals surface area (Å²) < 4.78 is 12.8. The van der Waals surface area contributed by atoms with Gasteiger partial charge in [-0.05, 0) is 29.7 Å². The smallest absolute Gasteiger partial charge is 0.230 e. The molecule has 0 aliphatic rings. The van der Waals surface area contributed by atoms with Gasteiger partial charge in [0.05, 0.1) is 26.3 Å². The van der Waals surface area contributed by atoms with Crippen molar-refractivity contribution < 1.29 is 14.3 Å².